The van der Waals surface area contributed by atoms with Crippen molar-refractivity contribution in [3.8, 4) is 11.5 Å². The van der Waals surface area contributed by atoms with E-state index in [1.54, 1.807) is 31.3 Å². The Morgan fingerprint density at radius 1 is 1.31 bits per heavy atom. The molecule has 1 aromatic carbocycles. The van der Waals surface area contributed by atoms with E-state index in [0.717, 1.165) is 0 Å². The van der Waals surface area contributed by atoms with Crippen LogP contribution in [-0.4, -0.2) is 31.1 Å². The van der Waals surface area contributed by atoms with Gasteiger partial charge >= 0.3 is 0 Å². The molecule has 7 nitrogen and oxygen atoms in total. The van der Waals surface area contributed by atoms with Gasteiger partial charge in [-0.3, -0.25) is 9.89 Å². The summed E-state index contributed by atoms with van der Waals surface area (Å²) in [6.07, 6.45) is 2.99. The predicted molar refractivity (Wildman–Crippen MR) is 95.6 cm³/mol. The molecule has 0 fully saturated rings. The molecular formula is C17H12ClFN6O. The lowest BCUT2D eigenvalue weighted by molar-refractivity contribution is 0.102. The number of rotatable bonds is 3. The summed E-state index contributed by atoms with van der Waals surface area (Å²) in [7, 11) is 0. The highest BCUT2D eigenvalue weighted by Gasteiger charge is 2.19. The highest BCUT2D eigenvalue weighted by molar-refractivity contribution is 6.29. The number of halogens is 2. The van der Waals surface area contributed by atoms with Crippen molar-refractivity contribution in [2.75, 3.05) is 5.32 Å². The van der Waals surface area contributed by atoms with Crippen molar-refractivity contribution in [1.29, 1.82) is 0 Å². The van der Waals surface area contributed by atoms with E-state index in [1.807, 2.05) is 0 Å². The molecule has 0 saturated heterocycles. The first-order valence-corrected chi connectivity index (χ1v) is 8.02. The van der Waals surface area contributed by atoms with Gasteiger partial charge in [0.25, 0.3) is 5.91 Å². The molecule has 0 bridgehead atoms. The van der Waals surface area contributed by atoms with Crippen LogP contribution < -0.4 is 5.32 Å². The molecule has 9 heteroatoms. The van der Waals surface area contributed by atoms with Crippen LogP contribution in [0.5, 0.6) is 0 Å². The Morgan fingerprint density at radius 2 is 2.15 bits per heavy atom. The molecule has 0 spiro atoms. The number of nitrogens with one attached hydrogen (secondary N) is 3. The lowest BCUT2D eigenvalue weighted by atomic mass is 10.1. The molecular weight excluding hydrogens is 359 g/mol. The highest BCUT2D eigenvalue weighted by Crippen LogP contribution is 2.26. The number of carbonyl (C=O) groups is 1. The lowest BCUT2D eigenvalue weighted by Gasteiger charge is -2.08. The Balaban J connectivity index is 1.69. The van der Waals surface area contributed by atoms with Gasteiger partial charge in [0.05, 0.1) is 34.7 Å². The first kappa shape index (κ1) is 16.2. The Morgan fingerprint density at radius 3 is 2.96 bits per heavy atom. The van der Waals surface area contributed by atoms with Gasteiger partial charge in [-0.05, 0) is 18.6 Å². The number of aromatic amines is 2. The van der Waals surface area contributed by atoms with Crippen LogP contribution in [0, 0.1) is 12.7 Å². The quantitative estimate of drug-likeness (QED) is 0.479. The molecule has 0 aliphatic carbocycles. The summed E-state index contributed by atoms with van der Waals surface area (Å²) in [6, 6.07) is 6.09. The summed E-state index contributed by atoms with van der Waals surface area (Å²) in [5, 5.41) is 9.71. The van der Waals surface area contributed by atoms with E-state index < -0.39 is 11.7 Å². The van der Waals surface area contributed by atoms with Crippen molar-refractivity contribution in [1.82, 2.24) is 25.1 Å². The summed E-state index contributed by atoms with van der Waals surface area (Å²) in [4.78, 5) is 24.0. The van der Waals surface area contributed by atoms with E-state index in [1.165, 1.54) is 12.3 Å². The third kappa shape index (κ3) is 2.80. The van der Waals surface area contributed by atoms with Crippen molar-refractivity contribution in [3.05, 3.63) is 58.8 Å². The van der Waals surface area contributed by atoms with E-state index in [9.17, 15) is 9.18 Å². The van der Waals surface area contributed by atoms with E-state index in [4.69, 9.17) is 11.6 Å². The third-order valence-electron chi connectivity index (χ3n) is 3.91. The second-order valence-corrected chi connectivity index (χ2v) is 6.04. The largest absolute Gasteiger partial charge is 0.335 e. The monoisotopic (exact) mass is 370 g/mol. The van der Waals surface area contributed by atoms with Crippen LogP contribution in [0.4, 0.5) is 10.1 Å². The molecule has 4 rings (SSSR count). The lowest BCUT2D eigenvalue weighted by Crippen LogP contribution is -2.15. The number of nitrogens with zero attached hydrogens (tertiary/aromatic N) is 3. The molecule has 0 unspecified atom stereocenters. The smallest absolute Gasteiger partial charge is 0.259 e. The Hall–Kier alpha value is -3.26. The van der Waals surface area contributed by atoms with Gasteiger partial charge in [0.15, 0.2) is 5.82 Å². The highest BCUT2D eigenvalue weighted by atomic mass is 35.5. The van der Waals surface area contributed by atoms with Gasteiger partial charge in [0.2, 0.25) is 0 Å². The van der Waals surface area contributed by atoms with E-state index >= 15 is 0 Å². The number of fused-ring (bicyclic) bond motifs is 1. The number of benzene rings is 1. The number of carbonyl (C=O) groups excluding carboxylic acids is 1. The fraction of sp³-hybridized carbons (Fsp3) is 0.0588. The van der Waals surface area contributed by atoms with Gasteiger partial charge in [0.1, 0.15) is 16.7 Å². The predicted octanol–water partition coefficient (Wildman–Crippen LogP) is 3.70. The number of imidazole rings is 1. The summed E-state index contributed by atoms with van der Waals surface area (Å²) < 4.78 is 14.0. The van der Waals surface area contributed by atoms with Gasteiger partial charge < -0.3 is 10.3 Å². The van der Waals surface area contributed by atoms with Crippen molar-refractivity contribution < 1.29 is 9.18 Å². The fourth-order valence-electron chi connectivity index (χ4n) is 2.67. The van der Waals surface area contributed by atoms with Gasteiger partial charge in [-0.25, -0.2) is 14.4 Å². The van der Waals surface area contributed by atoms with Crippen LogP contribution in [0.1, 0.15) is 15.9 Å². The molecule has 0 aliphatic heterocycles. The zero-order valence-corrected chi connectivity index (χ0v) is 14.2. The maximum absolute atomic E-state index is 14.0. The van der Waals surface area contributed by atoms with Gasteiger partial charge in [0, 0.05) is 6.07 Å². The van der Waals surface area contributed by atoms with Crippen molar-refractivity contribution >= 4 is 34.2 Å². The minimum atomic E-state index is -0.586. The van der Waals surface area contributed by atoms with E-state index in [2.05, 4.69) is 30.5 Å². The Bertz CT molecular complexity index is 1120. The molecule has 0 aliphatic rings. The molecule has 4 aromatic rings. The van der Waals surface area contributed by atoms with Gasteiger partial charge in [-0.2, -0.15) is 5.10 Å². The van der Waals surface area contributed by atoms with Crippen molar-refractivity contribution in [3.63, 3.8) is 0 Å². The van der Waals surface area contributed by atoms with Crippen molar-refractivity contribution in [2.24, 2.45) is 0 Å². The molecule has 130 valence electrons. The summed E-state index contributed by atoms with van der Waals surface area (Å²) >= 11 is 5.87. The van der Waals surface area contributed by atoms with Crippen molar-refractivity contribution in [2.45, 2.75) is 6.92 Å². The third-order valence-corrected chi connectivity index (χ3v) is 4.11. The van der Waals surface area contributed by atoms with Crippen LogP contribution in [0.2, 0.25) is 5.15 Å². The van der Waals surface area contributed by atoms with Crippen LogP contribution >= 0.6 is 11.6 Å². The zero-order chi connectivity index (χ0) is 18.3. The number of amides is 1. The first-order valence-electron chi connectivity index (χ1n) is 7.64. The number of pyridine rings is 1. The van der Waals surface area contributed by atoms with Crippen LogP contribution in [-0.2, 0) is 0 Å². The van der Waals surface area contributed by atoms with E-state index in [0.29, 0.717) is 39.0 Å². The minimum absolute atomic E-state index is 0.0137. The van der Waals surface area contributed by atoms with Crippen LogP contribution in [0.3, 0.4) is 0 Å². The molecule has 3 heterocycles. The normalized spacial score (nSPS) is 11.0. The number of aryl methyl sites for hydroxylation is 1. The molecule has 3 N–H and O–H groups in total. The van der Waals surface area contributed by atoms with Crippen LogP contribution in [0.15, 0.2) is 36.7 Å². The second-order valence-electron chi connectivity index (χ2n) is 5.65. The SMILES string of the molecule is Cc1cccc(F)c1C(=O)Nc1cn[nH]c1-c1nc2cc(Cl)ncc2[nH]1. The summed E-state index contributed by atoms with van der Waals surface area (Å²) in [5.41, 5.74) is 2.66. The number of hydrogen-bond acceptors (Lipinski definition) is 4. The molecule has 0 radical (unpaired) electrons. The fourth-order valence-corrected chi connectivity index (χ4v) is 2.82. The molecule has 0 saturated carbocycles. The number of aromatic nitrogens is 5. The average molecular weight is 371 g/mol. The van der Waals surface area contributed by atoms with Gasteiger partial charge in [-0.15, -0.1) is 0 Å². The molecule has 26 heavy (non-hydrogen) atoms. The topological polar surface area (TPSA) is 99.3 Å². The maximum atomic E-state index is 14.0. The van der Waals surface area contributed by atoms with Gasteiger partial charge in [-0.1, -0.05) is 23.7 Å². The number of anilines is 1. The summed E-state index contributed by atoms with van der Waals surface area (Å²) in [5.74, 6) is -0.705. The number of hydrogen-bond donors (Lipinski definition) is 3. The second kappa shape index (κ2) is 6.23. The molecule has 3 aromatic heterocycles. The Labute approximate surface area is 151 Å². The standard InChI is InChI=1S/C17H12ClFN6O/c1-8-3-2-4-9(19)14(8)17(26)24-12-7-21-25-15(12)16-22-10-5-13(18)20-6-11(10)23-16/h2-7H,1H3,(H,21,25)(H,22,23)(H,24,26). The van der Waals surface area contributed by atoms with E-state index in [-0.39, 0.29) is 5.56 Å². The number of H-pyrrole nitrogens is 2. The average Bonchev–Trinajstić information content (AvgIpc) is 3.20. The van der Waals surface area contributed by atoms with Crippen LogP contribution in [0.25, 0.3) is 22.6 Å². The first-order chi connectivity index (χ1) is 12.5. The maximum Gasteiger partial charge on any atom is 0.259 e. The Kier molecular flexibility index (Phi) is 3.89. The minimum Gasteiger partial charge on any atom is -0.335 e. The zero-order valence-electron chi connectivity index (χ0n) is 13.5. The summed E-state index contributed by atoms with van der Waals surface area (Å²) in [6.45, 7) is 1.67. The molecule has 1 amide bonds. The molecule has 0 atom stereocenters.